The number of nitrogens with zero attached hydrogens (tertiary/aromatic N) is 1. The van der Waals surface area contributed by atoms with Crippen LogP contribution in [0.5, 0.6) is 0 Å². The first-order valence-corrected chi connectivity index (χ1v) is 5.92. The van der Waals surface area contributed by atoms with Crippen LogP contribution in [0.1, 0.15) is 17.6 Å². The molecule has 0 unspecified atom stereocenters. The molecule has 2 heterocycles. The van der Waals surface area contributed by atoms with Gasteiger partial charge in [-0.05, 0) is 25.6 Å². The maximum absolute atomic E-state index is 4.31. The van der Waals surface area contributed by atoms with Crippen LogP contribution in [0.4, 0.5) is 0 Å². The minimum Gasteiger partial charge on any atom is -0.340 e. The van der Waals surface area contributed by atoms with Crippen LogP contribution in [0.15, 0.2) is 18.3 Å². The van der Waals surface area contributed by atoms with Gasteiger partial charge in [0.25, 0.3) is 0 Å². The minimum absolute atomic E-state index is 0.784. The van der Waals surface area contributed by atoms with Crippen LogP contribution in [-0.2, 0) is 13.0 Å². The molecule has 0 radical (unpaired) electrons. The average Bonchev–Trinajstić information content (AvgIpc) is 2.85. The quantitative estimate of drug-likeness (QED) is 0.832. The van der Waals surface area contributed by atoms with Crippen LogP contribution in [0, 0.1) is 0 Å². The fourth-order valence-corrected chi connectivity index (χ4v) is 2.37. The molecule has 2 aromatic heterocycles. The molecule has 3 nitrogen and oxygen atoms in total. The third-order valence-corrected chi connectivity index (χ3v) is 3.51. The van der Waals surface area contributed by atoms with Gasteiger partial charge in [0.1, 0.15) is 5.82 Å². The zero-order valence-electron chi connectivity index (χ0n) is 9.00. The van der Waals surface area contributed by atoms with E-state index in [-0.39, 0.29) is 0 Å². The summed E-state index contributed by atoms with van der Waals surface area (Å²) in [4.78, 5) is 10.3. The summed E-state index contributed by atoms with van der Waals surface area (Å²) >= 11 is 1.83. The Labute approximate surface area is 93.6 Å². The van der Waals surface area contributed by atoms with Gasteiger partial charge in [0.05, 0.1) is 23.3 Å². The molecule has 0 saturated carbocycles. The van der Waals surface area contributed by atoms with Gasteiger partial charge in [0.15, 0.2) is 0 Å². The first-order chi connectivity index (χ1) is 7.33. The lowest BCUT2D eigenvalue weighted by Crippen LogP contribution is -2.06. The number of aryl methyl sites for hydroxylation is 1. The second-order valence-electron chi connectivity index (χ2n) is 3.39. The largest absolute Gasteiger partial charge is 0.340 e. The molecule has 0 aromatic carbocycles. The Bertz CT molecular complexity index is 430. The molecular formula is C11H15N3S. The van der Waals surface area contributed by atoms with Crippen molar-refractivity contribution < 1.29 is 0 Å². The molecule has 0 aliphatic rings. The van der Waals surface area contributed by atoms with E-state index in [0.29, 0.717) is 0 Å². The number of imidazole rings is 1. The molecule has 0 saturated heterocycles. The summed E-state index contributed by atoms with van der Waals surface area (Å²) < 4.78 is 0. The minimum atomic E-state index is 0.784. The zero-order chi connectivity index (χ0) is 10.7. The number of thiophene rings is 1. The van der Waals surface area contributed by atoms with E-state index in [1.54, 1.807) is 0 Å². The number of rotatable bonds is 4. The highest BCUT2D eigenvalue weighted by atomic mass is 32.1. The van der Waals surface area contributed by atoms with Gasteiger partial charge in [-0.2, -0.15) is 0 Å². The van der Waals surface area contributed by atoms with E-state index < -0.39 is 0 Å². The Hall–Kier alpha value is -1.13. The SMILES string of the molecule is CCc1ccc(-c2cnc(CNC)[nH]2)s1. The molecule has 4 heteroatoms. The molecule has 2 rings (SSSR count). The zero-order valence-corrected chi connectivity index (χ0v) is 9.82. The fraction of sp³-hybridized carbons (Fsp3) is 0.364. The monoisotopic (exact) mass is 221 g/mol. The predicted molar refractivity (Wildman–Crippen MR) is 64.0 cm³/mol. The van der Waals surface area contributed by atoms with Crippen LogP contribution in [0.25, 0.3) is 10.6 Å². The summed E-state index contributed by atoms with van der Waals surface area (Å²) in [5.41, 5.74) is 1.12. The highest BCUT2D eigenvalue weighted by Crippen LogP contribution is 2.26. The number of hydrogen-bond acceptors (Lipinski definition) is 3. The molecular weight excluding hydrogens is 206 g/mol. The van der Waals surface area contributed by atoms with Crippen molar-refractivity contribution in [2.45, 2.75) is 19.9 Å². The van der Waals surface area contributed by atoms with Gasteiger partial charge in [-0.1, -0.05) is 6.92 Å². The molecule has 2 N–H and O–H groups in total. The highest BCUT2D eigenvalue weighted by molar-refractivity contribution is 7.15. The molecule has 0 aliphatic carbocycles. The third-order valence-electron chi connectivity index (χ3n) is 2.25. The Morgan fingerprint density at radius 1 is 1.47 bits per heavy atom. The summed E-state index contributed by atoms with van der Waals surface area (Å²) in [5, 5.41) is 3.07. The molecule has 0 fully saturated rings. The van der Waals surface area contributed by atoms with Gasteiger partial charge < -0.3 is 10.3 Å². The van der Waals surface area contributed by atoms with Crippen LogP contribution in [0.2, 0.25) is 0 Å². The normalized spacial score (nSPS) is 10.8. The van der Waals surface area contributed by atoms with Crippen LogP contribution in [-0.4, -0.2) is 17.0 Å². The smallest absolute Gasteiger partial charge is 0.120 e. The van der Waals surface area contributed by atoms with Crippen LogP contribution < -0.4 is 5.32 Å². The Morgan fingerprint density at radius 3 is 3.00 bits per heavy atom. The van der Waals surface area contributed by atoms with Gasteiger partial charge in [-0.3, -0.25) is 0 Å². The average molecular weight is 221 g/mol. The predicted octanol–water partition coefficient (Wildman–Crippen LogP) is 2.42. The maximum atomic E-state index is 4.31. The van der Waals surface area contributed by atoms with Crippen molar-refractivity contribution in [1.82, 2.24) is 15.3 Å². The van der Waals surface area contributed by atoms with E-state index >= 15 is 0 Å². The second-order valence-corrected chi connectivity index (χ2v) is 4.56. The first-order valence-electron chi connectivity index (χ1n) is 5.11. The van der Waals surface area contributed by atoms with E-state index in [0.717, 1.165) is 24.5 Å². The number of nitrogens with one attached hydrogen (secondary N) is 2. The first kappa shape index (κ1) is 10.4. The highest BCUT2D eigenvalue weighted by Gasteiger charge is 2.05. The topological polar surface area (TPSA) is 40.7 Å². The summed E-state index contributed by atoms with van der Waals surface area (Å²) in [7, 11) is 1.92. The molecule has 15 heavy (non-hydrogen) atoms. The van der Waals surface area contributed by atoms with Gasteiger partial charge in [-0.25, -0.2) is 4.98 Å². The van der Waals surface area contributed by atoms with Gasteiger partial charge in [0, 0.05) is 4.88 Å². The fourth-order valence-electron chi connectivity index (χ4n) is 1.46. The lowest BCUT2D eigenvalue weighted by molar-refractivity contribution is 0.772. The summed E-state index contributed by atoms with van der Waals surface area (Å²) in [6.45, 7) is 2.96. The van der Waals surface area contributed by atoms with Crippen molar-refractivity contribution in [2.75, 3.05) is 7.05 Å². The maximum Gasteiger partial charge on any atom is 0.120 e. The molecule has 0 amide bonds. The van der Waals surface area contributed by atoms with Crippen LogP contribution in [0.3, 0.4) is 0 Å². The van der Waals surface area contributed by atoms with Crippen molar-refractivity contribution in [3.63, 3.8) is 0 Å². The molecule has 2 aromatic rings. The van der Waals surface area contributed by atoms with Crippen molar-refractivity contribution in [1.29, 1.82) is 0 Å². The Morgan fingerprint density at radius 2 is 2.33 bits per heavy atom. The van der Waals surface area contributed by atoms with Gasteiger partial charge >= 0.3 is 0 Å². The Balaban J connectivity index is 2.21. The van der Waals surface area contributed by atoms with E-state index in [1.165, 1.54) is 9.75 Å². The van der Waals surface area contributed by atoms with E-state index in [4.69, 9.17) is 0 Å². The standard InChI is InChI=1S/C11H15N3S/c1-3-8-4-5-10(15-8)9-6-13-11(14-9)7-12-2/h4-6,12H,3,7H2,1-2H3,(H,13,14). The van der Waals surface area contributed by atoms with E-state index in [2.05, 4.69) is 34.3 Å². The van der Waals surface area contributed by atoms with Gasteiger partial charge in [-0.15, -0.1) is 11.3 Å². The number of hydrogen-bond donors (Lipinski definition) is 2. The van der Waals surface area contributed by atoms with Crippen molar-refractivity contribution >= 4 is 11.3 Å². The summed E-state index contributed by atoms with van der Waals surface area (Å²) in [5.74, 6) is 0.985. The van der Waals surface area contributed by atoms with Crippen molar-refractivity contribution in [3.8, 4) is 10.6 Å². The van der Waals surface area contributed by atoms with Crippen molar-refractivity contribution in [2.24, 2.45) is 0 Å². The second kappa shape index (κ2) is 4.59. The lowest BCUT2D eigenvalue weighted by atomic mass is 10.3. The molecule has 0 spiro atoms. The van der Waals surface area contributed by atoms with E-state index in [9.17, 15) is 0 Å². The summed E-state index contributed by atoms with van der Waals surface area (Å²) in [6.07, 6.45) is 3.00. The molecule has 0 bridgehead atoms. The molecule has 0 atom stereocenters. The number of aromatic amines is 1. The third kappa shape index (κ3) is 2.27. The van der Waals surface area contributed by atoms with Crippen LogP contribution >= 0.6 is 11.3 Å². The molecule has 0 aliphatic heterocycles. The molecule has 80 valence electrons. The lowest BCUT2D eigenvalue weighted by Gasteiger charge is -1.93. The number of aromatic nitrogens is 2. The Kier molecular flexibility index (Phi) is 3.18. The summed E-state index contributed by atoms with van der Waals surface area (Å²) in [6, 6.07) is 4.33. The van der Waals surface area contributed by atoms with Gasteiger partial charge in [0.2, 0.25) is 0 Å². The number of H-pyrrole nitrogens is 1. The van der Waals surface area contributed by atoms with Crippen molar-refractivity contribution in [3.05, 3.63) is 29.0 Å². The van der Waals surface area contributed by atoms with E-state index in [1.807, 2.05) is 24.6 Å².